The van der Waals surface area contributed by atoms with Crippen LogP contribution in [0.5, 0.6) is 0 Å². The number of thiazole rings is 1. The number of hydrogen-bond donors (Lipinski definition) is 1. The van der Waals surface area contributed by atoms with Crippen molar-refractivity contribution in [2.24, 2.45) is 17.2 Å². The molecule has 1 aliphatic rings. The third kappa shape index (κ3) is 4.69. The van der Waals surface area contributed by atoms with E-state index in [-0.39, 0.29) is 4.90 Å². The summed E-state index contributed by atoms with van der Waals surface area (Å²) in [5.74, 6) is 0. The summed E-state index contributed by atoms with van der Waals surface area (Å²) in [4.78, 5) is 5.71. The average Bonchev–Trinajstić information content (AvgIpc) is 3.27. The molecule has 9 nitrogen and oxygen atoms in total. The van der Waals surface area contributed by atoms with E-state index in [2.05, 4.69) is 14.9 Å². The normalized spacial score (nSPS) is 15.5. The summed E-state index contributed by atoms with van der Waals surface area (Å²) in [5.41, 5.74) is 2.80. The number of aryl methyl sites for hydroxylation is 1. The number of rotatable bonds is 8. The highest BCUT2D eigenvalue weighted by Gasteiger charge is 2.18. The first-order valence-corrected chi connectivity index (χ1v) is 12.1. The van der Waals surface area contributed by atoms with Crippen LogP contribution in [0.2, 0.25) is 0 Å². The Morgan fingerprint density at radius 1 is 1.27 bits per heavy atom. The van der Waals surface area contributed by atoms with E-state index < -0.39 is 10.0 Å². The van der Waals surface area contributed by atoms with Crippen molar-refractivity contribution < 1.29 is 13.2 Å². The second-order valence-electron chi connectivity index (χ2n) is 7.23. The van der Waals surface area contributed by atoms with Gasteiger partial charge in [0.1, 0.15) is 5.69 Å². The number of hydrogen-bond acceptors (Lipinski definition) is 7. The Balaban J connectivity index is 1.58. The summed E-state index contributed by atoms with van der Waals surface area (Å²) >= 11 is 1.54. The molecular weight excluding hydrogens is 424 g/mol. The standard InChI is InChI=1S/C19H24N6O3S2/c1-24-17(12-22-23-24)18-13-29-19(25(18)9-10-28-15-3-2-4-15)21-11-14-5-7-16(8-6-14)30(20,26)27/h5-8,12-13,15H,2-4,9-11H2,1H3,(H2,20,26,27). The number of benzene rings is 1. The fourth-order valence-corrected chi connectivity index (χ4v) is 4.63. The molecule has 1 fully saturated rings. The van der Waals surface area contributed by atoms with Gasteiger partial charge in [0, 0.05) is 19.0 Å². The van der Waals surface area contributed by atoms with Crippen molar-refractivity contribution in [3.05, 3.63) is 46.2 Å². The van der Waals surface area contributed by atoms with Gasteiger partial charge in [-0.1, -0.05) is 17.3 Å². The van der Waals surface area contributed by atoms with Gasteiger partial charge in [-0.15, -0.1) is 16.4 Å². The minimum Gasteiger partial charge on any atom is -0.376 e. The Labute approximate surface area is 178 Å². The monoisotopic (exact) mass is 448 g/mol. The van der Waals surface area contributed by atoms with E-state index in [1.165, 1.54) is 18.6 Å². The van der Waals surface area contributed by atoms with Crippen molar-refractivity contribution in [2.45, 2.75) is 43.4 Å². The maximum Gasteiger partial charge on any atom is 0.238 e. The Morgan fingerprint density at radius 3 is 2.63 bits per heavy atom. The lowest BCUT2D eigenvalue weighted by Crippen LogP contribution is -2.26. The van der Waals surface area contributed by atoms with Crippen LogP contribution in [-0.2, 0) is 34.9 Å². The third-order valence-electron chi connectivity index (χ3n) is 5.14. The fourth-order valence-electron chi connectivity index (χ4n) is 3.19. The molecular formula is C19H24N6O3S2. The zero-order chi connectivity index (χ0) is 21.1. The molecule has 160 valence electrons. The Bertz CT molecular complexity index is 1170. The minimum atomic E-state index is -3.69. The molecule has 0 aliphatic heterocycles. The topological polar surface area (TPSA) is 117 Å². The molecule has 11 heteroatoms. The van der Waals surface area contributed by atoms with Gasteiger partial charge in [0.15, 0.2) is 4.80 Å². The first kappa shape index (κ1) is 20.9. The second kappa shape index (κ2) is 8.80. The van der Waals surface area contributed by atoms with Crippen molar-refractivity contribution in [3.63, 3.8) is 0 Å². The lowest BCUT2D eigenvalue weighted by molar-refractivity contribution is -0.00142. The van der Waals surface area contributed by atoms with Gasteiger partial charge >= 0.3 is 0 Å². The average molecular weight is 449 g/mol. The molecule has 3 aromatic rings. The number of nitrogens with two attached hydrogens (primary N) is 1. The number of sulfonamides is 1. The van der Waals surface area contributed by atoms with Crippen LogP contribution >= 0.6 is 11.3 Å². The summed E-state index contributed by atoms with van der Waals surface area (Å²) in [7, 11) is -1.83. The molecule has 2 N–H and O–H groups in total. The van der Waals surface area contributed by atoms with Crippen molar-refractivity contribution in [2.75, 3.05) is 6.61 Å². The van der Waals surface area contributed by atoms with E-state index in [9.17, 15) is 8.42 Å². The van der Waals surface area contributed by atoms with Crippen molar-refractivity contribution in [3.8, 4) is 11.4 Å². The zero-order valence-electron chi connectivity index (χ0n) is 16.6. The van der Waals surface area contributed by atoms with Gasteiger partial charge in [0.25, 0.3) is 0 Å². The molecule has 0 radical (unpaired) electrons. The number of nitrogens with zero attached hydrogens (tertiary/aromatic N) is 5. The number of ether oxygens (including phenoxy) is 1. The summed E-state index contributed by atoms with van der Waals surface area (Å²) in [6.45, 7) is 1.73. The van der Waals surface area contributed by atoms with Crippen LogP contribution < -0.4 is 9.94 Å². The molecule has 0 saturated heterocycles. The molecule has 0 amide bonds. The Kier molecular flexibility index (Phi) is 6.14. The SMILES string of the molecule is Cn1nncc1-c1csc(=NCc2ccc(S(N)(=O)=O)cc2)n1CCOC1CCC1. The first-order chi connectivity index (χ1) is 14.4. The van der Waals surface area contributed by atoms with Gasteiger partial charge in [-0.05, 0) is 37.0 Å². The van der Waals surface area contributed by atoms with Crippen LogP contribution in [0.1, 0.15) is 24.8 Å². The predicted molar refractivity (Wildman–Crippen MR) is 113 cm³/mol. The molecule has 0 atom stereocenters. The first-order valence-electron chi connectivity index (χ1n) is 9.69. The molecule has 2 aromatic heterocycles. The van der Waals surface area contributed by atoms with Gasteiger partial charge in [0.2, 0.25) is 10.0 Å². The van der Waals surface area contributed by atoms with Crippen LogP contribution in [0.15, 0.2) is 45.7 Å². The van der Waals surface area contributed by atoms with E-state index in [1.54, 1.807) is 34.3 Å². The largest absolute Gasteiger partial charge is 0.376 e. The Morgan fingerprint density at radius 2 is 2.03 bits per heavy atom. The van der Waals surface area contributed by atoms with Crippen LogP contribution in [0.4, 0.5) is 0 Å². The molecule has 0 spiro atoms. The van der Waals surface area contributed by atoms with Crippen molar-refractivity contribution in [1.82, 2.24) is 19.6 Å². The second-order valence-corrected chi connectivity index (χ2v) is 9.62. The van der Waals surface area contributed by atoms with Gasteiger partial charge in [-0.25, -0.2) is 18.2 Å². The van der Waals surface area contributed by atoms with E-state index >= 15 is 0 Å². The van der Waals surface area contributed by atoms with Gasteiger partial charge in [0.05, 0.1) is 36.0 Å². The van der Waals surface area contributed by atoms with E-state index in [4.69, 9.17) is 14.9 Å². The highest BCUT2D eigenvalue weighted by Crippen LogP contribution is 2.22. The lowest BCUT2D eigenvalue weighted by Gasteiger charge is -2.25. The van der Waals surface area contributed by atoms with Gasteiger partial charge in [-0.2, -0.15) is 0 Å². The summed E-state index contributed by atoms with van der Waals surface area (Å²) < 4.78 is 32.6. The predicted octanol–water partition coefficient (Wildman–Crippen LogP) is 1.66. The van der Waals surface area contributed by atoms with Crippen molar-refractivity contribution in [1.29, 1.82) is 0 Å². The lowest BCUT2D eigenvalue weighted by atomic mass is 9.96. The zero-order valence-corrected chi connectivity index (χ0v) is 18.3. The Hall–Kier alpha value is -2.34. The van der Waals surface area contributed by atoms with E-state index in [0.29, 0.717) is 25.8 Å². The maximum absolute atomic E-state index is 11.4. The van der Waals surface area contributed by atoms with Crippen LogP contribution in [-0.4, -0.2) is 40.7 Å². The highest BCUT2D eigenvalue weighted by molar-refractivity contribution is 7.89. The van der Waals surface area contributed by atoms with E-state index in [1.807, 2.05) is 12.4 Å². The molecule has 1 aromatic carbocycles. The van der Waals surface area contributed by atoms with E-state index in [0.717, 1.165) is 34.6 Å². The molecule has 30 heavy (non-hydrogen) atoms. The molecule has 1 saturated carbocycles. The van der Waals surface area contributed by atoms with Crippen LogP contribution in [0, 0.1) is 0 Å². The van der Waals surface area contributed by atoms with Crippen LogP contribution in [0.25, 0.3) is 11.4 Å². The quantitative estimate of drug-likeness (QED) is 0.562. The minimum absolute atomic E-state index is 0.0941. The fraction of sp³-hybridized carbons (Fsp3) is 0.421. The molecule has 1 aliphatic carbocycles. The number of primary sulfonamides is 1. The molecule has 4 rings (SSSR count). The summed E-state index contributed by atoms with van der Waals surface area (Å²) in [6.07, 6.45) is 5.63. The molecule has 2 heterocycles. The number of aromatic nitrogens is 4. The highest BCUT2D eigenvalue weighted by atomic mass is 32.2. The summed E-state index contributed by atoms with van der Waals surface area (Å²) in [5, 5.41) is 15.2. The molecule has 0 bridgehead atoms. The molecule has 0 unspecified atom stereocenters. The maximum atomic E-state index is 11.4. The third-order valence-corrected chi connectivity index (χ3v) is 6.97. The van der Waals surface area contributed by atoms with Crippen molar-refractivity contribution >= 4 is 21.4 Å². The van der Waals surface area contributed by atoms with Gasteiger partial charge in [-0.3, -0.25) is 4.99 Å². The summed E-state index contributed by atoms with van der Waals surface area (Å²) in [6, 6.07) is 6.46. The smallest absolute Gasteiger partial charge is 0.238 e. The van der Waals surface area contributed by atoms with Gasteiger partial charge < -0.3 is 9.30 Å². The van der Waals surface area contributed by atoms with Crippen LogP contribution in [0.3, 0.4) is 0 Å².